The monoisotopic (exact) mass is 709 g/mol. The molecule has 0 saturated heterocycles. The summed E-state index contributed by atoms with van der Waals surface area (Å²) < 4.78 is 0. The average molecular weight is 709 g/mol. The fourth-order valence-electron chi connectivity index (χ4n) is 6.69. The molecule has 2 aromatic rings. The Hall–Kier alpha value is -3.91. The van der Waals surface area contributed by atoms with Crippen molar-refractivity contribution >= 4 is 17.3 Å². The average Bonchev–Trinajstić information content (AvgIpc) is 3.33. The van der Waals surface area contributed by atoms with Crippen LogP contribution >= 0.6 is 0 Å². The Morgan fingerprint density at radius 3 is 2.17 bits per heavy atom. The van der Waals surface area contributed by atoms with E-state index >= 15 is 0 Å². The van der Waals surface area contributed by atoms with Crippen molar-refractivity contribution in [3.05, 3.63) is 120 Å². The number of hydrogen-bond acceptors (Lipinski definition) is 6. The zero-order valence-corrected chi connectivity index (χ0v) is 32.9. The zero-order chi connectivity index (χ0) is 37.7. The molecule has 1 heterocycles. The molecule has 3 rings (SSSR count). The molecular formula is C45H68N6O. The van der Waals surface area contributed by atoms with Crippen LogP contribution in [-0.4, -0.2) is 58.8 Å². The first-order valence-electron chi connectivity index (χ1n) is 19.6. The third-order valence-corrected chi connectivity index (χ3v) is 10.1. The Kier molecular flexibility index (Phi) is 18.7. The summed E-state index contributed by atoms with van der Waals surface area (Å²) in [7, 11) is 2.15. The lowest BCUT2D eigenvalue weighted by atomic mass is 9.77. The highest BCUT2D eigenvalue weighted by molar-refractivity contribution is 5.75. The molecule has 1 amide bonds. The number of carbonyl (C=O) groups is 1. The highest BCUT2D eigenvalue weighted by atomic mass is 16.1. The number of nitrogens with two attached hydrogens (primary N) is 1. The maximum absolute atomic E-state index is 12.3. The molecule has 0 spiro atoms. The Morgan fingerprint density at radius 2 is 1.42 bits per heavy atom. The lowest BCUT2D eigenvalue weighted by Gasteiger charge is -2.29. The minimum Gasteiger partial charge on any atom is -0.385 e. The van der Waals surface area contributed by atoms with Crippen LogP contribution in [0.5, 0.6) is 0 Å². The van der Waals surface area contributed by atoms with Gasteiger partial charge < -0.3 is 31.9 Å². The molecule has 284 valence electrons. The Balaban J connectivity index is 1.32. The molecule has 0 unspecified atom stereocenters. The predicted octanol–water partition coefficient (Wildman–Crippen LogP) is 8.29. The number of anilines is 2. The highest BCUT2D eigenvalue weighted by Crippen LogP contribution is 2.46. The van der Waals surface area contributed by atoms with Gasteiger partial charge in [-0.1, -0.05) is 114 Å². The first kappa shape index (κ1) is 42.5. The molecule has 0 saturated carbocycles. The summed E-state index contributed by atoms with van der Waals surface area (Å²) in [5, 5.41) is 13.6. The summed E-state index contributed by atoms with van der Waals surface area (Å²) in [6.45, 7) is 19.9. The van der Waals surface area contributed by atoms with E-state index in [1.54, 1.807) is 0 Å². The van der Waals surface area contributed by atoms with Gasteiger partial charge in [0, 0.05) is 54.5 Å². The number of nitrogens with one attached hydrogen (secondary N) is 4. The minimum atomic E-state index is -0.239. The molecular weight excluding hydrogens is 641 g/mol. The Morgan fingerprint density at radius 1 is 0.788 bits per heavy atom. The summed E-state index contributed by atoms with van der Waals surface area (Å²) in [6.07, 6.45) is 22.6. The molecule has 1 aliphatic heterocycles. The van der Waals surface area contributed by atoms with E-state index in [0.29, 0.717) is 6.42 Å². The summed E-state index contributed by atoms with van der Waals surface area (Å²) in [6, 6.07) is 17.2. The van der Waals surface area contributed by atoms with Crippen LogP contribution in [0.2, 0.25) is 0 Å². The fourth-order valence-corrected chi connectivity index (χ4v) is 6.69. The maximum atomic E-state index is 12.3. The lowest BCUT2D eigenvalue weighted by Crippen LogP contribution is -2.27. The normalized spacial score (nSPS) is 15.0. The number of allylic oxidation sites excluding steroid dienone is 9. The molecule has 52 heavy (non-hydrogen) atoms. The minimum absolute atomic E-state index is 0.0210. The van der Waals surface area contributed by atoms with E-state index in [4.69, 9.17) is 5.73 Å². The zero-order valence-electron chi connectivity index (χ0n) is 32.9. The Labute approximate surface area is 316 Å². The summed E-state index contributed by atoms with van der Waals surface area (Å²) in [5.41, 5.74) is 12.6. The number of amides is 1. The molecule has 7 heteroatoms. The lowest BCUT2D eigenvalue weighted by molar-refractivity contribution is -0.121. The number of unbranched alkanes of at least 4 members (excludes halogenated alkanes) is 3. The second kappa shape index (κ2) is 22.9. The van der Waals surface area contributed by atoms with Gasteiger partial charge in [-0.15, -0.1) is 0 Å². The van der Waals surface area contributed by atoms with Crippen molar-refractivity contribution in [3.63, 3.8) is 0 Å². The number of benzene rings is 2. The van der Waals surface area contributed by atoms with Gasteiger partial charge in [-0.05, 0) is 106 Å². The van der Waals surface area contributed by atoms with E-state index in [-0.39, 0.29) is 16.7 Å². The van der Waals surface area contributed by atoms with Crippen LogP contribution in [0.15, 0.2) is 109 Å². The molecule has 0 aliphatic carbocycles. The molecule has 0 atom stereocenters. The molecule has 0 aromatic heterocycles. The van der Waals surface area contributed by atoms with Crippen LogP contribution in [0.1, 0.15) is 90.2 Å². The number of carbonyl (C=O) groups excluding carboxylic acids is 1. The smallest absolute Gasteiger partial charge is 0.219 e. The van der Waals surface area contributed by atoms with Crippen molar-refractivity contribution in [2.75, 3.05) is 63.1 Å². The van der Waals surface area contributed by atoms with E-state index in [0.717, 1.165) is 95.6 Å². The van der Waals surface area contributed by atoms with Crippen LogP contribution in [0.25, 0.3) is 0 Å². The van der Waals surface area contributed by atoms with Gasteiger partial charge >= 0.3 is 0 Å². The molecule has 0 radical (unpaired) electrons. The van der Waals surface area contributed by atoms with E-state index in [1.165, 1.54) is 28.9 Å². The molecule has 2 aromatic carbocycles. The molecule has 1 aliphatic rings. The maximum Gasteiger partial charge on any atom is 0.219 e. The van der Waals surface area contributed by atoms with Gasteiger partial charge in [0.25, 0.3) is 0 Å². The number of nitrogens with zero attached hydrogens (tertiary/aromatic N) is 1. The SMILES string of the molecule is C=C(/C=C/C=C/C=C/C=C1/N(C)c2ccccc2C1(C)C)C(C)(C)c1ccccc1NCCCCCC(=O)NCCCNCCCCNCCCN. The fraction of sp³-hybridized carbons (Fsp3) is 0.489. The van der Waals surface area contributed by atoms with Crippen LogP contribution in [0, 0.1) is 0 Å². The van der Waals surface area contributed by atoms with Crippen molar-refractivity contribution in [1.29, 1.82) is 0 Å². The topological polar surface area (TPSA) is 94.5 Å². The van der Waals surface area contributed by atoms with Crippen LogP contribution in [0.3, 0.4) is 0 Å². The first-order chi connectivity index (χ1) is 25.1. The summed E-state index contributed by atoms with van der Waals surface area (Å²) in [4.78, 5) is 14.6. The second-order valence-corrected chi connectivity index (χ2v) is 14.9. The van der Waals surface area contributed by atoms with Gasteiger partial charge in [0.1, 0.15) is 0 Å². The Bertz CT molecular complexity index is 1500. The predicted molar refractivity (Wildman–Crippen MR) is 225 cm³/mol. The number of para-hydroxylation sites is 2. The van der Waals surface area contributed by atoms with Crippen molar-refractivity contribution in [2.24, 2.45) is 5.73 Å². The van der Waals surface area contributed by atoms with E-state index in [9.17, 15) is 4.79 Å². The number of rotatable bonds is 25. The van der Waals surface area contributed by atoms with Gasteiger partial charge in [-0.3, -0.25) is 4.79 Å². The number of fused-ring (bicyclic) bond motifs is 1. The van der Waals surface area contributed by atoms with Crippen molar-refractivity contribution in [1.82, 2.24) is 16.0 Å². The third kappa shape index (κ3) is 13.6. The van der Waals surface area contributed by atoms with Crippen molar-refractivity contribution < 1.29 is 4.79 Å². The van der Waals surface area contributed by atoms with Crippen molar-refractivity contribution in [3.8, 4) is 0 Å². The van der Waals surface area contributed by atoms with E-state index in [2.05, 4.69) is 159 Å². The molecule has 6 N–H and O–H groups in total. The summed E-state index contributed by atoms with van der Waals surface area (Å²) >= 11 is 0. The number of hydrogen-bond donors (Lipinski definition) is 5. The first-order valence-corrected chi connectivity index (χ1v) is 19.6. The van der Waals surface area contributed by atoms with Crippen LogP contribution in [0.4, 0.5) is 11.4 Å². The van der Waals surface area contributed by atoms with E-state index < -0.39 is 0 Å². The quantitative estimate of drug-likeness (QED) is 0.0527. The van der Waals surface area contributed by atoms with Gasteiger partial charge in [-0.25, -0.2) is 0 Å². The standard InChI is InChI=1S/C45H68N6O/c1-37(23-11-8-7-9-12-28-42-45(4,5)39-25-15-17-27-41(39)51(42)6)44(2,3)38-24-14-16-26-40(38)49-35-18-10-13-29-43(52)50-36-22-34-48-32-20-19-31-47-33-21-30-46/h7-9,11-12,14-17,23-28,47-49H,1,10,13,18-22,29-36,46H2,2-6H3,(H,50,52)/b8-7+,12-9+,23-11+,42-28+. The van der Waals surface area contributed by atoms with Gasteiger partial charge in [0.15, 0.2) is 0 Å². The van der Waals surface area contributed by atoms with Gasteiger partial charge in [-0.2, -0.15) is 0 Å². The number of likely N-dealkylation sites (N-methyl/N-ethyl adjacent to an activating group) is 1. The molecule has 0 fully saturated rings. The van der Waals surface area contributed by atoms with Crippen LogP contribution < -0.4 is 31.9 Å². The summed E-state index contributed by atoms with van der Waals surface area (Å²) in [5.74, 6) is 0.158. The van der Waals surface area contributed by atoms with Gasteiger partial charge in [0.05, 0.1) is 0 Å². The largest absolute Gasteiger partial charge is 0.385 e. The van der Waals surface area contributed by atoms with E-state index in [1.807, 2.05) is 0 Å². The second-order valence-electron chi connectivity index (χ2n) is 14.9. The molecule has 0 bridgehead atoms. The molecule has 7 nitrogen and oxygen atoms in total. The van der Waals surface area contributed by atoms with Crippen molar-refractivity contribution in [2.45, 2.75) is 89.9 Å². The highest BCUT2D eigenvalue weighted by Gasteiger charge is 2.37. The third-order valence-electron chi connectivity index (χ3n) is 10.1. The van der Waals surface area contributed by atoms with Crippen LogP contribution in [-0.2, 0) is 15.6 Å². The van der Waals surface area contributed by atoms with Gasteiger partial charge in [0.2, 0.25) is 5.91 Å².